The van der Waals surface area contributed by atoms with Crippen LogP contribution in [-0.2, 0) is 0 Å². The number of rotatable bonds is 1. The molecule has 2 aromatic rings. The fourth-order valence-electron chi connectivity index (χ4n) is 3.35. The number of benzene rings is 1. The van der Waals surface area contributed by atoms with E-state index in [0.29, 0.717) is 12.0 Å². The second-order valence-corrected chi connectivity index (χ2v) is 7.10. The van der Waals surface area contributed by atoms with Crippen molar-refractivity contribution in [3.63, 3.8) is 0 Å². The van der Waals surface area contributed by atoms with Gasteiger partial charge >= 0.3 is 0 Å². The maximum Gasteiger partial charge on any atom is 0.178 e. The Morgan fingerprint density at radius 2 is 2.11 bits per heavy atom. The molecule has 1 aliphatic carbocycles. The van der Waals surface area contributed by atoms with Gasteiger partial charge in [-0.05, 0) is 48.7 Å². The van der Waals surface area contributed by atoms with Crippen LogP contribution in [0, 0.1) is 16.6 Å². The van der Waals surface area contributed by atoms with Crippen molar-refractivity contribution in [1.82, 2.24) is 9.55 Å². The number of hydrogen-bond acceptors (Lipinski definition) is 1. The summed E-state index contributed by atoms with van der Waals surface area (Å²) in [4.78, 5) is 3.35. The van der Waals surface area contributed by atoms with Crippen LogP contribution < -0.4 is 0 Å². The highest BCUT2D eigenvalue weighted by Gasteiger charge is 2.29. The normalized spacial score (nSPS) is 27.8. The predicted molar refractivity (Wildman–Crippen MR) is 86.0 cm³/mol. The molecule has 0 aliphatic heterocycles. The van der Waals surface area contributed by atoms with Crippen LogP contribution in [0.3, 0.4) is 0 Å². The van der Waals surface area contributed by atoms with Gasteiger partial charge in [-0.1, -0.05) is 42.6 Å². The van der Waals surface area contributed by atoms with Gasteiger partial charge in [0, 0.05) is 10.5 Å². The van der Waals surface area contributed by atoms with Crippen LogP contribution >= 0.6 is 28.1 Å². The van der Waals surface area contributed by atoms with Crippen LogP contribution in [0.5, 0.6) is 0 Å². The van der Waals surface area contributed by atoms with E-state index in [-0.39, 0.29) is 0 Å². The highest BCUT2D eigenvalue weighted by molar-refractivity contribution is 9.10. The molecule has 1 heterocycles. The maximum absolute atomic E-state index is 5.56. The topological polar surface area (TPSA) is 20.7 Å². The van der Waals surface area contributed by atoms with Gasteiger partial charge in [0.05, 0.1) is 11.0 Å². The van der Waals surface area contributed by atoms with Crippen LogP contribution in [0.1, 0.15) is 39.2 Å². The molecule has 0 amide bonds. The first-order valence-electron chi connectivity index (χ1n) is 6.97. The van der Waals surface area contributed by atoms with Crippen molar-refractivity contribution in [2.75, 3.05) is 0 Å². The van der Waals surface area contributed by atoms with Crippen molar-refractivity contribution in [2.24, 2.45) is 11.8 Å². The van der Waals surface area contributed by atoms with Crippen molar-refractivity contribution >= 4 is 39.2 Å². The van der Waals surface area contributed by atoms with E-state index in [1.807, 2.05) is 0 Å². The number of aromatic amines is 1. The molecule has 0 bridgehead atoms. The molecule has 4 heteroatoms. The van der Waals surface area contributed by atoms with Gasteiger partial charge in [0.1, 0.15) is 0 Å². The van der Waals surface area contributed by atoms with Gasteiger partial charge in [0.2, 0.25) is 0 Å². The third kappa shape index (κ3) is 2.29. The van der Waals surface area contributed by atoms with E-state index < -0.39 is 0 Å². The molecule has 3 rings (SSSR count). The van der Waals surface area contributed by atoms with Crippen molar-refractivity contribution in [3.8, 4) is 0 Å². The minimum Gasteiger partial charge on any atom is -0.331 e. The number of nitrogens with zero attached hydrogens (tertiary/aromatic N) is 1. The van der Waals surface area contributed by atoms with Gasteiger partial charge in [-0.15, -0.1) is 0 Å². The van der Waals surface area contributed by atoms with Crippen LogP contribution in [-0.4, -0.2) is 9.55 Å². The number of H-pyrrole nitrogens is 1. The lowest BCUT2D eigenvalue weighted by Crippen LogP contribution is -2.27. The van der Waals surface area contributed by atoms with E-state index in [2.05, 4.69) is 57.5 Å². The molecule has 102 valence electrons. The average Bonchev–Trinajstić information content (AvgIpc) is 2.68. The minimum atomic E-state index is 0.533. The molecule has 1 fully saturated rings. The molecule has 1 aromatic heterocycles. The Hall–Kier alpha value is -0.610. The molecule has 1 aliphatic rings. The molecule has 0 radical (unpaired) electrons. The van der Waals surface area contributed by atoms with E-state index in [0.717, 1.165) is 20.7 Å². The molecule has 0 spiro atoms. The summed E-state index contributed by atoms with van der Waals surface area (Å²) in [6.45, 7) is 4.74. The van der Waals surface area contributed by atoms with Gasteiger partial charge in [-0.2, -0.15) is 0 Å². The Labute approximate surface area is 127 Å². The average molecular weight is 339 g/mol. The standard InChI is InChI=1S/C15H19BrN2S/c1-9-4-3-5-13(10(9)2)18-14-7-6-11(16)8-12(14)17-15(18)19/h6-10,13H,3-5H2,1-2H3,(H,17,19). The van der Waals surface area contributed by atoms with Gasteiger partial charge in [0.25, 0.3) is 0 Å². The van der Waals surface area contributed by atoms with Crippen molar-refractivity contribution in [1.29, 1.82) is 0 Å². The molecule has 0 saturated heterocycles. The third-order valence-corrected chi connectivity index (χ3v) is 5.47. The highest BCUT2D eigenvalue weighted by Crippen LogP contribution is 2.39. The van der Waals surface area contributed by atoms with Gasteiger partial charge in [0.15, 0.2) is 4.77 Å². The lowest BCUT2D eigenvalue weighted by atomic mass is 9.78. The maximum atomic E-state index is 5.56. The number of aromatic nitrogens is 2. The van der Waals surface area contributed by atoms with E-state index in [9.17, 15) is 0 Å². The number of imidazole rings is 1. The SMILES string of the molecule is CC1CCCC(n2c(=S)[nH]c3cc(Br)ccc32)C1C. The van der Waals surface area contributed by atoms with Gasteiger partial charge in [-0.3, -0.25) is 0 Å². The second kappa shape index (κ2) is 5.06. The minimum absolute atomic E-state index is 0.533. The summed E-state index contributed by atoms with van der Waals surface area (Å²) in [7, 11) is 0. The van der Waals surface area contributed by atoms with Crippen LogP contribution in [0.4, 0.5) is 0 Å². The smallest absolute Gasteiger partial charge is 0.178 e. The molecule has 1 saturated carbocycles. The Kier molecular flexibility index (Phi) is 3.56. The molecule has 3 atom stereocenters. The largest absolute Gasteiger partial charge is 0.331 e. The zero-order chi connectivity index (χ0) is 13.6. The van der Waals surface area contributed by atoms with E-state index >= 15 is 0 Å². The first-order chi connectivity index (χ1) is 9.08. The third-order valence-electron chi connectivity index (χ3n) is 4.67. The molecule has 19 heavy (non-hydrogen) atoms. The quantitative estimate of drug-likeness (QED) is 0.684. The highest BCUT2D eigenvalue weighted by atomic mass is 79.9. The summed E-state index contributed by atoms with van der Waals surface area (Å²) < 4.78 is 4.30. The van der Waals surface area contributed by atoms with Gasteiger partial charge < -0.3 is 9.55 Å². The number of nitrogens with one attached hydrogen (secondary N) is 1. The van der Waals surface area contributed by atoms with E-state index in [1.54, 1.807) is 0 Å². The lowest BCUT2D eigenvalue weighted by molar-refractivity contribution is 0.188. The fourth-order valence-corrected chi connectivity index (χ4v) is 4.06. The molecule has 3 unspecified atom stereocenters. The van der Waals surface area contributed by atoms with Crippen molar-refractivity contribution < 1.29 is 0 Å². The molecule has 1 aromatic carbocycles. The summed E-state index contributed by atoms with van der Waals surface area (Å²) in [5.74, 6) is 1.46. The zero-order valence-electron chi connectivity index (χ0n) is 11.3. The summed E-state index contributed by atoms with van der Waals surface area (Å²) in [5.41, 5.74) is 2.36. The predicted octanol–water partition coefficient (Wildman–Crippen LogP) is 5.46. The van der Waals surface area contributed by atoms with Crippen LogP contribution in [0.15, 0.2) is 22.7 Å². The Morgan fingerprint density at radius 3 is 2.89 bits per heavy atom. The van der Waals surface area contributed by atoms with Crippen LogP contribution in [0.25, 0.3) is 11.0 Å². The molecular formula is C15H19BrN2S. The number of halogens is 1. The van der Waals surface area contributed by atoms with Crippen molar-refractivity contribution in [2.45, 2.75) is 39.2 Å². The Morgan fingerprint density at radius 1 is 1.32 bits per heavy atom. The molecule has 1 N–H and O–H groups in total. The Bertz CT molecular complexity index is 658. The fraction of sp³-hybridized carbons (Fsp3) is 0.533. The summed E-state index contributed by atoms with van der Waals surface area (Å²) >= 11 is 9.08. The summed E-state index contributed by atoms with van der Waals surface area (Å²) in [6.07, 6.45) is 3.89. The summed E-state index contributed by atoms with van der Waals surface area (Å²) in [5, 5.41) is 0. The first kappa shape index (κ1) is 13.4. The monoisotopic (exact) mass is 338 g/mol. The first-order valence-corrected chi connectivity index (χ1v) is 8.18. The van der Waals surface area contributed by atoms with E-state index in [1.165, 1.54) is 24.8 Å². The van der Waals surface area contributed by atoms with Crippen molar-refractivity contribution in [3.05, 3.63) is 27.4 Å². The summed E-state index contributed by atoms with van der Waals surface area (Å²) in [6, 6.07) is 6.90. The zero-order valence-corrected chi connectivity index (χ0v) is 13.7. The molecular weight excluding hydrogens is 320 g/mol. The molecule has 2 nitrogen and oxygen atoms in total. The second-order valence-electron chi connectivity index (χ2n) is 5.80. The number of hydrogen-bond donors (Lipinski definition) is 1. The van der Waals surface area contributed by atoms with E-state index in [4.69, 9.17) is 12.2 Å². The lowest BCUT2D eigenvalue weighted by Gasteiger charge is -2.35. The van der Waals surface area contributed by atoms with Crippen LogP contribution in [0.2, 0.25) is 0 Å². The van der Waals surface area contributed by atoms with Gasteiger partial charge in [-0.25, -0.2) is 0 Å². The number of fused-ring (bicyclic) bond motifs is 1. The Balaban J connectivity index is 2.14.